The Morgan fingerprint density at radius 2 is 2.00 bits per heavy atom. The fourth-order valence-electron chi connectivity index (χ4n) is 2.24. The predicted molar refractivity (Wildman–Crippen MR) is 71.5 cm³/mol. The van der Waals surface area contributed by atoms with E-state index in [-0.39, 0.29) is 23.0 Å². The van der Waals surface area contributed by atoms with Gasteiger partial charge in [-0.15, -0.1) is 0 Å². The van der Waals surface area contributed by atoms with Gasteiger partial charge in [-0.1, -0.05) is 6.07 Å². The fourth-order valence-corrected chi connectivity index (χ4v) is 2.24. The standard InChI is InChI=1S/C13H17N3O4/c1-14-12(19)8-7-15-5-6-16(8)13(20)11-9(17)3-2-4-10(11)18/h2-4,8,15,17-18H,5-7H2,1H3,(H,14,19). The Labute approximate surface area is 116 Å². The number of nitrogens with zero attached hydrogens (tertiary/aromatic N) is 1. The molecule has 1 aromatic carbocycles. The van der Waals surface area contributed by atoms with E-state index in [0.29, 0.717) is 19.6 Å². The van der Waals surface area contributed by atoms with Crippen LogP contribution in [0, 0.1) is 0 Å². The molecule has 1 saturated heterocycles. The number of aromatic hydroxyl groups is 2. The molecule has 0 radical (unpaired) electrons. The third-order valence-electron chi connectivity index (χ3n) is 3.29. The van der Waals surface area contributed by atoms with Crippen LogP contribution in [0.4, 0.5) is 0 Å². The van der Waals surface area contributed by atoms with E-state index in [1.807, 2.05) is 0 Å². The summed E-state index contributed by atoms with van der Waals surface area (Å²) in [7, 11) is 1.50. The number of nitrogens with one attached hydrogen (secondary N) is 2. The van der Waals surface area contributed by atoms with Crippen LogP contribution in [0.25, 0.3) is 0 Å². The molecule has 0 aliphatic carbocycles. The Bertz CT molecular complexity index is 512. The molecule has 2 amide bonds. The summed E-state index contributed by atoms with van der Waals surface area (Å²) in [5.74, 6) is -1.45. The molecule has 1 unspecified atom stereocenters. The summed E-state index contributed by atoms with van der Waals surface area (Å²) in [6, 6.07) is 3.42. The van der Waals surface area contributed by atoms with Gasteiger partial charge >= 0.3 is 0 Å². The third-order valence-corrected chi connectivity index (χ3v) is 3.29. The lowest BCUT2D eigenvalue weighted by Crippen LogP contribution is -2.59. The van der Waals surface area contributed by atoms with Crippen LogP contribution in [0.15, 0.2) is 18.2 Å². The van der Waals surface area contributed by atoms with E-state index in [1.165, 1.54) is 30.1 Å². The highest BCUT2D eigenvalue weighted by atomic mass is 16.3. The molecule has 1 heterocycles. The van der Waals surface area contributed by atoms with Crippen LogP contribution >= 0.6 is 0 Å². The second-order valence-electron chi connectivity index (χ2n) is 4.50. The Hall–Kier alpha value is -2.28. The molecule has 1 aliphatic rings. The monoisotopic (exact) mass is 279 g/mol. The van der Waals surface area contributed by atoms with Crippen molar-refractivity contribution < 1.29 is 19.8 Å². The minimum Gasteiger partial charge on any atom is -0.507 e. The van der Waals surface area contributed by atoms with Gasteiger partial charge in [-0.2, -0.15) is 0 Å². The van der Waals surface area contributed by atoms with Crippen LogP contribution in [0.5, 0.6) is 11.5 Å². The first-order chi connectivity index (χ1) is 9.56. The highest BCUT2D eigenvalue weighted by molar-refractivity contribution is 6.01. The molecule has 0 saturated carbocycles. The summed E-state index contributed by atoms with van der Waals surface area (Å²) in [6.07, 6.45) is 0. The molecule has 4 N–H and O–H groups in total. The van der Waals surface area contributed by atoms with E-state index < -0.39 is 11.9 Å². The third kappa shape index (κ3) is 2.53. The molecule has 108 valence electrons. The molecule has 0 spiro atoms. The van der Waals surface area contributed by atoms with Crippen molar-refractivity contribution in [3.8, 4) is 11.5 Å². The van der Waals surface area contributed by atoms with Crippen LogP contribution in [0.3, 0.4) is 0 Å². The average Bonchev–Trinajstić information content (AvgIpc) is 2.46. The smallest absolute Gasteiger partial charge is 0.262 e. The van der Waals surface area contributed by atoms with Crippen LogP contribution in [-0.4, -0.2) is 59.7 Å². The van der Waals surface area contributed by atoms with E-state index in [9.17, 15) is 19.8 Å². The SMILES string of the molecule is CNC(=O)C1CNCCN1C(=O)c1c(O)cccc1O. The first-order valence-corrected chi connectivity index (χ1v) is 6.30. The average molecular weight is 279 g/mol. The number of carbonyl (C=O) groups excluding carboxylic acids is 2. The minimum absolute atomic E-state index is 0.177. The zero-order valence-electron chi connectivity index (χ0n) is 11.1. The maximum atomic E-state index is 12.5. The maximum Gasteiger partial charge on any atom is 0.262 e. The second kappa shape index (κ2) is 5.79. The predicted octanol–water partition coefficient (Wildman–Crippen LogP) is -0.742. The van der Waals surface area contributed by atoms with Gasteiger partial charge in [-0.3, -0.25) is 9.59 Å². The number of hydrogen-bond donors (Lipinski definition) is 4. The highest BCUT2D eigenvalue weighted by Gasteiger charge is 2.34. The number of piperazine rings is 1. The molecule has 0 bridgehead atoms. The molecule has 2 rings (SSSR count). The summed E-state index contributed by atoms with van der Waals surface area (Å²) in [5.41, 5.74) is -0.177. The van der Waals surface area contributed by atoms with Gasteiger partial charge in [0.05, 0.1) is 0 Å². The van der Waals surface area contributed by atoms with Crippen molar-refractivity contribution in [2.24, 2.45) is 0 Å². The second-order valence-corrected chi connectivity index (χ2v) is 4.50. The Morgan fingerprint density at radius 3 is 2.60 bits per heavy atom. The molecule has 0 aromatic heterocycles. The number of likely N-dealkylation sites (N-methyl/N-ethyl adjacent to an activating group) is 1. The molecule has 1 fully saturated rings. The number of hydrogen-bond acceptors (Lipinski definition) is 5. The Balaban J connectivity index is 2.33. The van der Waals surface area contributed by atoms with Crippen molar-refractivity contribution in [2.75, 3.05) is 26.7 Å². The van der Waals surface area contributed by atoms with E-state index >= 15 is 0 Å². The molecular formula is C13H17N3O4. The number of phenolic OH excluding ortho intramolecular Hbond substituents is 2. The first kappa shape index (κ1) is 14.1. The molecular weight excluding hydrogens is 262 g/mol. The van der Waals surface area contributed by atoms with Crippen molar-refractivity contribution in [2.45, 2.75) is 6.04 Å². The topological polar surface area (TPSA) is 102 Å². The van der Waals surface area contributed by atoms with E-state index in [4.69, 9.17) is 0 Å². The lowest BCUT2D eigenvalue weighted by atomic mass is 10.1. The van der Waals surface area contributed by atoms with Gasteiger partial charge in [0.1, 0.15) is 23.1 Å². The number of benzene rings is 1. The number of rotatable bonds is 2. The molecule has 7 heteroatoms. The summed E-state index contributed by atoms with van der Waals surface area (Å²) >= 11 is 0. The van der Waals surface area contributed by atoms with Crippen LogP contribution in [0.2, 0.25) is 0 Å². The minimum atomic E-state index is -0.666. The van der Waals surface area contributed by atoms with Gasteiger partial charge in [0.2, 0.25) is 5.91 Å². The highest BCUT2D eigenvalue weighted by Crippen LogP contribution is 2.28. The maximum absolute atomic E-state index is 12.5. The van der Waals surface area contributed by atoms with Gasteiger partial charge in [-0.05, 0) is 12.1 Å². The van der Waals surface area contributed by atoms with Crippen molar-refractivity contribution in [3.63, 3.8) is 0 Å². The molecule has 1 atom stereocenters. The van der Waals surface area contributed by atoms with Crippen LogP contribution in [-0.2, 0) is 4.79 Å². The van der Waals surface area contributed by atoms with Gasteiger partial charge in [0.15, 0.2) is 0 Å². The Kier molecular flexibility index (Phi) is 4.09. The molecule has 20 heavy (non-hydrogen) atoms. The van der Waals surface area contributed by atoms with Crippen LogP contribution in [0.1, 0.15) is 10.4 Å². The zero-order valence-corrected chi connectivity index (χ0v) is 11.1. The summed E-state index contributed by atoms with van der Waals surface area (Å²) in [4.78, 5) is 25.6. The summed E-state index contributed by atoms with van der Waals surface area (Å²) in [6.45, 7) is 1.21. The van der Waals surface area contributed by atoms with E-state index in [1.54, 1.807) is 0 Å². The quantitative estimate of drug-likeness (QED) is 0.571. The number of amides is 2. The van der Waals surface area contributed by atoms with E-state index in [2.05, 4.69) is 10.6 Å². The van der Waals surface area contributed by atoms with Crippen LogP contribution < -0.4 is 10.6 Å². The zero-order chi connectivity index (χ0) is 14.7. The molecule has 1 aromatic rings. The summed E-state index contributed by atoms with van der Waals surface area (Å²) < 4.78 is 0. The lowest BCUT2D eigenvalue weighted by molar-refractivity contribution is -0.125. The van der Waals surface area contributed by atoms with Gasteiger partial charge in [0.25, 0.3) is 5.91 Å². The number of phenols is 2. The van der Waals surface area contributed by atoms with Crippen molar-refractivity contribution in [1.29, 1.82) is 0 Å². The lowest BCUT2D eigenvalue weighted by Gasteiger charge is -2.35. The normalized spacial score (nSPS) is 18.6. The van der Waals surface area contributed by atoms with Gasteiger partial charge in [0, 0.05) is 26.7 Å². The van der Waals surface area contributed by atoms with E-state index in [0.717, 1.165) is 0 Å². The first-order valence-electron chi connectivity index (χ1n) is 6.30. The summed E-state index contributed by atoms with van der Waals surface area (Å²) in [5, 5.41) is 25.0. The fraction of sp³-hybridized carbons (Fsp3) is 0.385. The number of carbonyl (C=O) groups is 2. The van der Waals surface area contributed by atoms with Gasteiger partial charge < -0.3 is 25.7 Å². The molecule has 1 aliphatic heterocycles. The van der Waals surface area contributed by atoms with Gasteiger partial charge in [-0.25, -0.2) is 0 Å². The Morgan fingerprint density at radius 1 is 1.35 bits per heavy atom. The van der Waals surface area contributed by atoms with Crippen molar-refractivity contribution in [1.82, 2.24) is 15.5 Å². The molecule has 7 nitrogen and oxygen atoms in total. The van der Waals surface area contributed by atoms with Crippen molar-refractivity contribution >= 4 is 11.8 Å². The van der Waals surface area contributed by atoms with Crippen molar-refractivity contribution in [3.05, 3.63) is 23.8 Å². The largest absolute Gasteiger partial charge is 0.507 e.